The van der Waals surface area contributed by atoms with Crippen molar-refractivity contribution in [2.45, 2.75) is 51.2 Å². The Labute approximate surface area is 141 Å². The van der Waals surface area contributed by atoms with Crippen LogP contribution >= 0.6 is 0 Å². The van der Waals surface area contributed by atoms with Crippen molar-refractivity contribution in [3.8, 4) is 0 Å². The van der Waals surface area contributed by atoms with Gasteiger partial charge in [-0.2, -0.15) is 4.98 Å². The molecule has 2 aromatic rings. The fourth-order valence-corrected chi connectivity index (χ4v) is 2.88. The van der Waals surface area contributed by atoms with Crippen molar-refractivity contribution in [1.82, 2.24) is 15.5 Å². The Morgan fingerprint density at radius 1 is 1.38 bits per heavy atom. The molecule has 2 heterocycles. The molecule has 0 saturated carbocycles. The maximum absolute atomic E-state index is 12.0. The zero-order chi connectivity index (χ0) is 16.8. The van der Waals surface area contributed by atoms with Crippen LogP contribution < -0.4 is 5.32 Å². The lowest BCUT2D eigenvalue weighted by Gasteiger charge is -2.19. The van der Waals surface area contributed by atoms with Crippen molar-refractivity contribution in [3.63, 3.8) is 0 Å². The van der Waals surface area contributed by atoms with Gasteiger partial charge in [-0.15, -0.1) is 0 Å². The topological polar surface area (TPSA) is 77.3 Å². The van der Waals surface area contributed by atoms with Crippen molar-refractivity contribution >= 4 is 5.91 Å². The van der Waals surface area contributed by atoms with Crippen molar-refractivity contribution < 1.29 is 14.1 Å². The van der Waals surface area contributed by atoms with Crippen molar-refractivity contribution in [2.24, 2.45) is 0 Å². The van der Waals surface area contributed by atoms with Crippen LogP contribution in [0.5, 0.6) is 0 Å². The Morgan fingerprint density at radius 2 is 2.21 bits per heavy atom. The standard InChI is InChI=1S/C18H23N3O3/c1-13(15-8-5-11-23-15)19-17(22)9-10-18-20-16(21-24-18)12-14-6-3-2-4-7-14/h2-4,6-7,13,15H,5,8-12H2,1H3,(H,19,22)/t13-,15+/m1/s1. The lowest BCUT2D eigenvalue weighted by Crippen LogP contribution is -2.40. The highest BCUT2D eigenvalue weighted by Gasteiger charge is 2.23. The Bertz CT molecular complexity index is 651. The van der Waals surface area contributed by atoms with Crippen LogP contribution in [0, 0.1) is 0 Å². The number of ether oxygens (including phenoxy) is 1. The molecule has 1 N–H and O–H groups in total. The number of carbonyl (C=O) groups excluding carboxylic acids is 1. The number of nitrogens with zero attached hydrogens (tertiary/aromatic N) is 2. The summed E-state index contributed by atoms with van der Waals surface area (Å²) in [4.78, 5) is 16.4. The highest BCUT2D eigenvalue weighted by Crippen LogP contribution is 2.15. The normalized spacial score (nSPS) is 18.5. The lowest BCUT2D eigenvalue weighted by atomic mass is 10.1. The molecule has 24 heavy (non-hydrogen) atoms. The summed E-state index contributed by atoms with van der Waals surface area (Å²) in [5.74, 6) is 1.13. The van der Waals surface area contributed by atoms with E-state index in [-0.39, 0.29) is 18.1 Å². The molecule has 128 valence electrons. The fraction of sp³-hybridized carbons (Fsp3) is 0.500. The minimum atomic E-state index is -0.0131. The average Bonchev–Trinajstić information content (AvgIpc) is 3.26. The number of carbonyl (C=O) groups is 1. The maximum Gasteiger partial charge on any atom is 0.227 e. The van der Waals surface area contributed by atoms with Crippen LogP contribution in [0.1, 0.15) is 43.5 Å². The summed E-state index contributed by atoms with van der Waals surface area (Å²) in [5, 5.41) is 6.96. The molecule has 0 bridgehead atoms. The highest BCUT2D eigenvalue weighted by molar-refractivity contribution is 5.76. The molecule has 3 rings (SSSR count). The number of aromatic nitrogens is 2. The van der Waals surface area contributed by atoms with Gasteiger partial charge in [-0.1, -0.05) is 35.5 Å². The zero-order valence-electron chi connectivity index (χ0n) is 13.9. The van der Waals surface area contributed by atoms with E-state index in [1.54, 1.807) is 0 Å². The Morgan fingerprint density at radius 3 is 2.96 bits per heavy atom. The number of aryl methyl sites for hydroxylation is 1. The van der Waals surface area contributed by atoms with Gasteiger partial charge in [0, 0.05) is 25.9 Å². The third-order valence-corrected chi connectivity index (χ3v) is 4.19. The summed E-state index contributed by atoms with van der Waals surface area (Å²) >= 11 is 0. The quantitative estimate of drug-likeness (QED) is 0.843. The average molecular weight is 329 g/mol. The predicted octanol–water partition coefficient (Wildman–Crippen LogP) is 2.28. The molecule has 0 radical (unpaired) electrons. The fourth-order valence-electron chi connectivity index (χ4n) is 2.88. The van der Waals surface area contributed by atoms with Crippen molar-refractivity contribution in [1.29, 1.82) is 0 Å². The molecular weight excluding hydrogens is 306 g/mol. The molecule has 6 nitrogen and oxygen atoms in total. The van der Waals surface area contributed by atoms with E-state index in [1.165, 1.54) is 0 Å². The second kappa shape index (κ2) is 8.06. The minimum Gasteiger partial charge on any atom is -0.376 e. The molecule has 0 spiro atoms. The first kappa shape index (κ1) is 16.6. The second-order valence-corrected chi connectivity index (χ2v) is 6.17. The monoisotopic (exact) mass is 329 g/mol. The molecule has 0 aliphatic carbocycles. The molecule has 1 aromatic carbocycles. The number of amides is 1. The molecule has 6 heteroatoms. The van der Waals surface area contributed by atoms with Gasteiger partial charge in [-0.05, 0) is 25.3 Å². The third-order valence-electron chi connectivity index (χ3n) is 4.19. The molecule has 1 saturated heterocycles. The molecule has 1 fully saturated rings. The first-order valence-electron chi connectivity index (χ1n) is 8.47. The highest BCUT2D eigenvalue weighted by atomic mass is 16.5. The number of nitrogens with one attached hydrogen (secondary N) is 1. The summed E-state index contributed by atoms with van der Waals surface area (Å²) in [5.41, 5.74) is 1.13. The number of rotatable bonds is 7. The van der Waals surface area contributed by atoms with Gasteiger partial charge >= 0.3 is 0 Å². The third kappa shape index (κ3) is 4.64. The number of benzene rings is 1. The van der Waals surface area contributed by atoms with Gasteiger partial charge < -0.3 is 14.6 Å². The largest absolute Gasteiger partial charge is 0.376 e. The lowest BCUT2D eigenvalue weighted by molar-refractivity contribution is -0.122. The van der Waals surface area contributed by atoms with Gasteiger partial charge in [-0.25, -0.2) is 0 Å². The van der Waals surface area contributed by atoms with Crippen molar-refractivity contribution in [2.75, 3.05) is 6.61 Å². The van der Waals surface area contributed by atoms with E-state index in [9.17, 15) is 4.79 Å². The summed E-state index contributed by atoms with van der Waals surface area (Å²) in [6.45, 7) is 2.77. The van der Waals surface area contributed by atoms with Gasteiger partial charge in [0.1, 0.15) is 0 Å². The van der Waals surface area contributed by atoms with Crippen LogP contribution in [0.15, 0.2) is 34.9 Å². The van der Waals surface area contributed by atoms with Crippen molar-refractivity contribution in [3.05, 3.63) is 47.6 Å². The molecule has 0 unspecified atom stereocenters. The molecule has 2 atom stereocenters. The molecular formula is C18H23N3O3. The number of hydrogen-bond donors (Lipinski definition) is 1. The van der Waals surface area contributed by atoms with E-state index in [0.717, 1.165) is 25.0 Å². The molecule has 1 aliphatic rings. The second-order valence-electron chi connectivity index (χ2n) is 6.17. The SMILES string of the molecule is C[C@@H](NC(=O)CCc1nc(Cc2ccccc2)no1)[C@@H]1CCCO1. The summed E-state index contributed by atoms with van der Waals surface area (Å²) in [7, 11) is 0. The molecule has 1 aliphatic heterocycles. The van der Waals surface area contributed by atoms with Crippen LogP contribution in [-0.4, -0.2) is 34.8 Å². The predicted molar refractivity (Wildman–Crippen MR) is 88.4 cm³/mol. The summed E-state index contributed by atoms with van der Waals surface area (Å²) < 4.78 is 10.8. The van der Waals surface area contributed by atoms with Gasteiger partial charge in [-0.3, -0.25) is 4.79 Å². The first-order chi connectivity index (χ1) is 11.7. The first-order valence-corrected chi connectivity index (χ1v) is 8.47. The van der Waals surface area contributed by atoms with E-state index in [4.69, 9.17) is 9.26 Å². The Balaban J connectivity index is 1.44. The van der Waals surface area contributed by atoms with E-state index < -0.39 is 0 Å². The van der Waals surface area contributed by atoms with Crippen LogP contribution in [0.4, 0.5) is 0 Å². The van der Waals surface area contributed by atoms with E-state index in [1.807, 2.05) is 37.3 Å². The number of hydrogen-bond acceptors (Lipinski definition) is 5. The van der Waals surface area contributed by atoms with E-state index >= 15 is 0 Å². The maximum atomic E-state index is 12.0. The van der Waals surface area contributed by atoms with E-state index in [0.29, 0.717) is 31.0 Å². The minimum absolute atomic E-state index is 0.0131. The van der Waals surface area contributed by atoms with Gasteiger partial charge in [0.25, 0.3) is 0 Å². The van der Waals surface area contributed by atoms with E-state index in [2.05, 4.69) is 15.5 Å². The smallest absolute Gasteiger partial charge is 0.227 e. The Hall–Kier alpha value is -2.21. The van der Waals surface area contributed by atoms with Crippen LogP contribution in [0.25, 0.3) is 0 Å². The van der Waals surface area contributed by atoms with Gasteiger partial charge in [0.2, 0.25) is 11.8 Å². The van der Waals surface area contributed by atoms with Crippen LogP contribution in [-0.2, 0) is 22.4 Å². The summed E-state index contributed by atoms with van der Waals surface area (Å²) in [6, 6.07) is 10.0. The Kier molecular flexibility index (Phi) is 5.59. The van der Waals surface area contributed by atoms with Crippen LogP contribution in [0.2, 0.25) is 0 Å². The summed E-state index contributed by atoms with van der Waals surface area (Å²) in [6.07, 6.45) is 3.63. The molecule has 1 aromatic heterocycles. The molecule has 1 amide bonds. The van der Waals surface area contributed by atoms with Gasteiger partial charge in [0.05, 0.1) is 12.1 Å². The van der Waals surface area contributed by atoms with Gasteiger partial charge in [0.15, 0.2) is 5.82 Å². The zero-order valence-corrected chi connectivity index (χ0v) is 13.9. The van der Waals surface area contributed by atoms with Crippen LogP contribution in [0.3, 0.4) is 0 Å².